The fraction of sp³-hybridized carbons (Fsp3) is 0.200. The van der Waals surface area contributed by atoms with Crippen LogP contribution in [0.3, 0.4) is 0 Å². The molecule has 2 nitrogen and oxygen atoms in total. The smallest absolute Gasteiger partial charge is 0.128 e. The third-order valence-electron chi connectivity index (χ3n) is 3.11. The predicted octanol–water partition coefficient (Wildman–Crippen LogP) is 3.02. The third-order valence-corrected chi connectivity index (χ3v) is 3.11. The van der Waals surface area contributed by atoms with E-state index in [-0.39, 0.29) is 11.6 Å². The first kappa shape index (κ1) is 13.6. The van der Waals surface area contributed by atoms with Crippen molar-refractivity contribution in [3.05, 3.63) is 70.8 Å². The third kappa shape index (κ3) is 3.16. The highest BCUT2D eigenvalue weighted by atomic mass is 19.1. The molecule has 0 aliphatic carbocycles. The van der Waals surface area contributed by atoms with Crippen LogP contribution in [0, 0.1) is 18.6 Å². The highest BCUT2D eigenvalue weighted by Gasteiger charge is 2.16. The minimum absolute atomic E-state index is 0.295. The lowest BCUT2D eigenvalue weighted by atomic mass is 9.97. The lowest BCUT2D eigenvalue weighted by Gasteiger charge is -2.18. The summed E-state index contributed by atoms with van der Waals surface area (Å²) in [5, 5.41) is 0. The van der Waals surface area contributed by atoms with Gasteiger partial charge in [0.05, 0.1) is 6.04 Å². The molecule has 100 valence electrons. The normalized spacial score (nSPS) is 12.4. The molecule has 1 unspecified atom stereocenters. The van der Waals surface area contributed by atoms with Gasteiger partial charge in [0.25, 0.3) is 0 Å². The van der Waals surface area contributed by atoms with Gasteiger partial charge in [-0.25, -0.2) is 8.78 Å². The first-order valence-corrected chi connectivity index (χ1v) is 6.07. The van der Waals surface area contributed by atoms with Crippen LogP contribution in [0.15, 0.2) is 42.5 Å². The minimum Gasteiger partial charge on any atom is -0.271 e. The number of hydrogen-bond donors (Lipinski definition) is 2. The average molecular weight is 262 g/mol. The number of aryl methyl sites for hydroxylation is 1. The summed E-state index contributed by atoms with van der Waals surface area (Å²) in [5.41, 5.74) is 4.45. The molecule has 2 aromatic carbocycles. The van der Waals surface area contributed by atoms with E-state index < -0.39 is 6.04 Å². The number of nitrogens with two attached hydrogens (primary N) is 1. The SMILES string of the molecule is Cc1ccc(F)c(C(Cc2ccccc2F)NN)c1. The maximum Gasteiger partial charge on any atom is 0.128 e. The maximum atomic E-state index is 13.8. The van der Waals surface area contributed by atoms with Gasteiger partial charge in [-0.05, 0) is 31.0 Å². The van der Waals surface area contributed by atoms with Crippen molar-refractivity contribution < 1.29 is 8.78 Å². The van der Waals surface area contributed by atoms with Crippen LogP contribution in [-0.4, -0.2) is 0 Å². The summed E-state index contributed by atoms with van der Waals surface area (Å²) in [6.07, 6.45) is 0.295. The van der Waals surface area contributed by atoms with Gasteiger partial charge in [-0.2, -0.15) is 0 Å². The van der Waals surface area contributed by atoms with Crippen molar-refractivity contribution >= 4 is 0 Å². The van der Waals surface area contributed by atoms with E-state index in [9.17, 15) is 8.78 Å². The number of nitrogens with one attached hydrogen (secondary N) is 1. The average Bonchev–Trinajstić information content (AvgIpc) is 2.41. The molecule has 0 saturated heterocycles. The van der Waals surface area contributed by atoms with Crippen LogP contribution in [0.2, 0.25) is 0 Å². The molecule has 4 heteroatoms. The highest BCUT2D eigenvalue weighted by Crippen LogP contribution is 2.23. The first-order valence-electron chi connectivity index (χ1n) is 6.07. The number of rotatable bonds is 4. The summed E-state index contributed by atoms with van der Waals surface area (Å²) in [6.45, 7) is 1.87. The van der Waals surface area contributed by atoms with E-state index in [1.165, 1.54) is 12.1 Å². The van der Waals surface area contributed by atoms with Crippen LogP contribution >= 0.6 is 0 Å². The molecule has 0 saturated carbocycles. The Bertz CT molecular complexity index is 570. The Morgan fingerprint density at radius 3 is 2.53 bits per heavy atom. The van der Waals surface area contributed by atoms with Crippen molar-refractivity contribution in [3.63, 3.8) is 0 Å². The van der Waals surface area contributed by atoms with Gasteiger partial charge in [0.15, 0.2) is 0 Å². The van der Waals surface area contributed by atoms with Gasteiger partial charge in [-0.1, -0.05) is 35.9 Å². The second-order valence-corrected chi connectivity index (χ2v) is 4.54. The Morgan fingerprint density at radius 1 is 1.11 bits per heavy atom. The molecule has 3 N–H and O–H groups in total. The van der Waals surface area contributed by atoms with Gasteiger partial charge in [-0.3, -0.25) is 11.3 Å². The van der Waals surface area contributed by atoms with Crippen molar-refractivity contribution in [1.82, 2.24) is 5.43 Å². The molecule has 0 bridgehead atoms. The lowest BCUT2D eigenvalue weighted by molar-refractivity contribution is 0.498. The Hall–Kier alpha value is -1.78. The van der Waals surface area contributed by atoms with Crippen LogP contribution in [0.25, 0.3) is 0 Å². The molecule has 0 spiro atoms. The zero-order valence-electron chi connectivity index (χ0n) is 10.7. The van der Waals surface area contributed by atoms with E-state index in [1.807, 2.05) is 6.92 Å². The number of benzene rings is 2. The van der Waals surface area contributed by atoms with E-state index in [2.05, 4.69) is 5.43 Å². The van der Waals surface area contributed by atoms with Gasteiger partial charge in [0, 0.05) is 5.56 Å². The van der Waals surface area contributed by atoms with Crippen LogP contribution < -0.4 is 11.3 Å². The number of hydrazine groups is 1. The lowest BCUT2D eigenvalue weighted by Crippen LogP contribution is -2.30. The Morgan fingerprint density at radius 2 is 1.84 bits per heavy atom. The predicted molar refractivity (Wildman–Crippen MR) is 71.3 cm³/mol. The zero-order valence-corrected chi connectivity index (χ0v) is 10.7. The van der Waals surface area contributed by atoms with E-state index >= 15 is 0 Å². The minimum atomic E-state index is -0.461. The molecule has 2 aromatic rings. The first-order chi connectivity index (χ1) is 9.11. The molecule has 0 fully saturated rings. The summed E-state index contributed by atoms with van der Waals surface area (Å²) in [4.78, 5) is 0. The number of hydrogen-bond acceptors (Lipinski definition) is 2. The Labute approximate surface area is 111 Å². The molecule has 2 rings (SSSR count). The van der Waals surface area contributed by atoms with Crippen LogP contribution in [0.1, 0.15) is 22.7 Å². The maximum absolute atomic E-state index is 13.8. The fourth-order valence-corrected chi connectivity index (χ4v) is 2.07. The van der Waals surface area contributed by atoms with Crippen LogP contribution in [-0.2, 0) is 6.42 Å². The standard InChI is InChI=1S/C15H16F2N2/c1-10-6-7-14(17)12(8-10)15(19-18)9-11-4-2-3-5-13(11)16/h2-8,15,19H,9,18H2,1H3. The van der Waals surface area contributed by atoms with E-state index in [0.29, 0.717) is 17.5 Å². The Kier molecular flexibility index (Phi) is 4.24. The molecular formula is C15H16F2N2. The van der Waals surface area contributed by atoms with Gasteiger partial charge < -0.3 is 0 Å². The summed E-state index contributed by atoms with van der Waals surface area (Å²) in [5.74, 6) is 4.83. The zero-order chi connectivity index (χ0) is 13.8. The molecule has 0 aliphatic heterocycles. The Balaban J connectivity index is 2.30. The quantitative estimate of drug-likeness (QED) is 0.656. The van der Waals surface area contributed by atoms with Crippen molar-refractivity contribution in [1.29, 1.82) is 0 Å². The molecule has 0 radical (unpaired) electrons. The van der Waals surface area contributed by atoms with E-state index in [1.54, 1.807) is 30.3 Å². The van der Waals surface area contributed by atoms with Crippen LogP contribution in [0.5, 0.6) is 0 Å². The molecule has 0 aliphatic rings. The second kappa shape index (κ2) is 5.91. The largest absolute Gasteiger partial charge is 0.271 e. The topological polar surface area (TPSA) is 38.0 Å². The van der Waals surface area contributed by atoms with E-state index in [4.69, 9.17) is 5.84 Å². The van der Waals surface area contributed by atoms with Crippen molar-refractivity contribution in [2.75, 3.05) is 0 Å². The summed E-state index contributed by atoms with van der Waals surface area (Å²) in [6, 6.07) is 10.8. The second-order valence-electron chi connectivity index (χ2n) is 4.54. The molecule has 0 heterocycles. The van der Waals surface area contributed by atoms with Crippen molar-refractivity contribution in [3.8, 4) is 0 Å². The van der Waals surface area contributed by atoms with Gasteiger partial charge >= 0.3 is 0 Å². The van der Waals surface area contributed by atoms with Gasteiger partial charge in [0.1, 0.15) is 11.6 Å². The fourth-order valence-electron chi connectivity index (χ4n) is 2.07. The molecule has 1 atom stereocenters. The summed E-state index contributed by atoms with van der Waals surface area (Å²) >= 11 is 0. The summed E-state index contributed by atoms with van der Waals surface area (Å²) < 4.78 is 27.4. The molecule has 0 aromatic heterocycles. The summed E-state index contributed by atoms with van der Waals surface area (Å²) in [7, 11) is 0. The molecule has 19 heavy (non-hydrogen) atoms. The number of halogens is 2. The monoisotopic (exact) mass is 262 g/mol. The molecular weight excluding hydrogens is 246 g/mol. The van der Waals surface area contributed by atoms with Gasteiger partial charge in [0.2, 0.25) is 0 Å². The van der Waals surface area contributed by atoms with E-state index in [0.717, 1.165) is 5.56 Å². The van der Waals surface area contributed by atoms with Gasteiger partial charge in [-0.15, -0.1) is 0 Å². The van der Waals surface area contributed by atoms with Crippen molar-refractivity contribution in [2.45, 2.75) is 19.4 Å². The van der Waals surface area contributed by atoms with Crippen molar-refractivity contribution in [2.24, 2.45) is 5.84 Å². The van der Waals surface area contributed by atoms with Crippen LogP contribution in [0.4, 0.5) is 8.78 Å². The molecule has 0 amide bonds. The highest BCUT2D eigenvalue weighted by molar-refractivity contribution is 5.29.